The van der Waals surface area contributed by atoms with Crippen molar-refractivity contribution in [1.29, 1.82) is 0 Å². The Morgan fingerprint density at radius 1 is 1.14 bits per heavy atom. The summed E-state index contributed by atoms with van der Waals surface area (Å²) >= 11 is 0. The standard InChI is InChI=1S/C17H19NO4/c1-11-4-5-14(22-11)17(19)18-7-6-12-8-15(20-2)16(21-3)9-13(12)10-18/h4-5,8-9H,6-7,10H2,1-3H3. The monoisotopic (exact) mass is 301 g/mol. The molecule has 0 spiro atoms. The van der Waals surface area contributed by atoms with Gasteiger partial charge in [0.1, 0.15) is 5.76 Å². The number of hydrogen-bond acceptors (Lipinski definition) is 4. The van der Waals surface area contributed by atoms with Gasteiger partial charge in [-0.25, -0.2) is 0 Å². The number of nitrogens with zero attached hydrogens (tertiary/aromatic N) is 1. The summed E-state index contributed by atoms with van der Waals surface area (Å²) < 4.78 is 16.1. The van der Waals surface area contributed by atoms with E-state index in [1.807, 2.05) is 19.1 Å². The van der Waals surface area contributed by atoms with Gasteiger partial charge in [-0.15, -0.1) is 0 Å². The van der Waals surface area contributed by atoms with E-state index in [0.717, 1.165) is 23.5 Å². The lowest BCUT2D eigenvalue weighted by Gasteiger charge is -2.29. The molecule has 5 nitrogen and oxygen atoms in total. The van der Waals surface area contributed by atoms with Gasteiger partial charge in [0.15, 0.2) is 17.3 Å². The number of hydrogen-bond donors (Lipinski definition) is 0. The molecule has 3 rings (SSSR count). The van der Waals surface area contributed by atoms with Gasteiger partial charge >= 0.3 is 0 Å². The summed E-state index contributed by atoms with van der Waals surface area (Å²) in [5, 5.41) is 0. The summed E-state index contributed by atoms with van der Waals surface area (Å²) in [6.45, 7) is 3.05. The summed E-state index contributed by atoms with van der Waals surface area (Å²) in [5.41, 5.74) is 2.28. The smallest absolute Gasteiger partial charge is 0.289 e. The molecule has 1 aromatic carbocycles. The van der Waals surface area contributed by atoms with Gasteiger partial charge < -0.3 is 18.8 Å². The first-order chi connectivity index (χ1) is 10.6. The minimum absolute atomic E-state index is 0.0754. The highest BCUT2D eigenvalue weighted by molar-refractivity contribution is 5.91. The van der Waals surface area contributed by atoms with Crippen molar-refractivity contribution in [1.82, 2.24) is 4.90 Å². The molecular weight excluding hydrogens is 282 g/mol. The maximum absolute atomic E-state index is 12.5. The topological polar surface area (TPSA) is 51.9 Å². The van der Waals surface area contributed by atoms with E-state index in [1.54, 1.807) is 31.3 Å². The molecule has 5 heteroatoms. The van der Waals surface area contributed by atoms with Crippen LogP contribution in [-0.2, 0) is 13.0 Å². The SMILES string of the molecule is COc1cc2c(cc1OC)CN(C(=O)c1ccc(C)o1)CC2. The Balaban J connectivity index is 1.85. The third-order valence-electron chi connectivity index (χ3n) is 3.96. The lowest BCUT2D eigenvalue weighted by Crippen LogP contribution is -2.35. The first-order valence-electron chi connectivity index (χ1n) is 7.22. The average Bonchev–Trinajstić information content (AvgIpc) is 2.98. The van der Waals surface area contributed by atoms with Crippen LogP contribution in [0, 0.1) is 6.92 Å². The van der Waals surface area contributed by atoms with Crippen molar-refractivity contribution in [3.63, 3.8) is 0 Å². The minimum atomic E-state index is -0.0754. The van der Waals surface area contributed by atoms with Gasteiger partial charge in [-0.3, -0.25) is 4.79 Å². The van der Waals surface area contributed by atoms with Crippen LogP contribution < -0.4 is 9.47 Å². The Kier molecular flexibility index (Phi) is 3.79. The fraction of sp³-hybridized carbons (Fsp3) is 0.353. The summed E-state index contributed by atoms with van der Waals surface area (Å²) in [4.78, 5) is 14.3. The molecule has 0 bridgehead atoms. The number of fused-ring (bicyclic) bond motifs is 1. The maximum atomic E-state index is 12.5. The highest BCUT2D eigenvalue weighted by atomic mass is 16.5. The van der Waals surface area contributed by atoms with Crippen LogP contribution in [-0.4, -0.2) is 31.6 Å². The van der Waals surface area contributed by atoms with E-state index in [2.05, 4.69) is 0 Å². The van der Waals surface area contributed by atoms with Gasteiger partial charge in [-0.2, -0.15) is 0 Å². The number of methoxy groups -OCH3 is 2. The van der Waals surface area contributed by atoms with Crippen molar-refractivity contribution in [2.75, 3.05) is 20.8 Å². The van der Waals surface area contributed by atoms with Crippen LogP contribution in [0.1, 0.15) is 27.4 Å². The Bertz CT molecular complexity index is 705. The lowest BCUT2D eigenvalue weighted by atomic mass is 9.98. The Labute approximate surface area is 129 Å². The van der Waals surface area contributed by atoms with Gasteiger partial charge in [-0.05, 0) is 48.7 Å². The number of rotatable bonds is 3. The normalized spacial score (nSPS) is 13.7. The Hall–Kier alpha value is -2.43. The van der Waals surface area contributed by atoms with E-state index in [-0.39, 0.29) is 5.91 Å². The first-order valence-corrected chi connectivity index (χ1v) is 7.22. The largest absolute Gasteiger partial charge is 0.493 e. The van der Waals surface area contributed by atoms with Gasteiger partial charge in [0.05, 0.1) is 14.2 Å². The van der Waals surface area contributed by atoms with Crippen molar-refractivity contribution in [3.05, 3.63) is 46.9 Å². The van der Waals surface area contributed by atoms with Crippen LogP contribution >= 0.6 is 0 Å². The molecule has 0 saturated carbocycles. The van der Waals surface area contributed by atoms with E-state index >= 15 is 0 Å². The number of amides is 1. The summed E-state index contributed by atoms with van der Waals surface area (Å²) in [6, 6.07) is 7.47. The van der Waals surface area contributed by atoms with Crippen LogP contribution in [0.5, 0.6) is 11.5 Å². The van der Waals surface area contributed by atoms with Crippen LogP contribution in [0.3, 0.4) is 0 Å². The summed E-state index contributed by atoms with van der Waals surface area (Å²) in [5.74, 6) is 2.47. The predicted molar refractivity (Wildman–Crippen MR) is 81.4 cm³/mol. The third kappa shape index (κ3) is 2.54. The van der Waals surface area contributed by atoms with Crippen LogP contribution in [0.4, 0.5) is 0 Å². The van der Waals surface area contributed by atoms with Crippen molar-refractivity contribution >= 4 is 5.91 Å². The van der Waals surface area contributed by atoms with Gasteiger partial charge in [0.25, 0.3) is 5.91 Å². The molecule has 1 aliphatic heterocycles. The number of furan rings is 1. The molecule has 2 heterocycles. The molecule has 22 heavy (non-hydrogen) atoms. The van der Waals surface area contributed by atoms with E-state index < -0.39 is 0 Å². The van der Waals surface area contributed by atoms with E-state index in [4.69, 9.17) is 13.9 Å². The molecular formula is C17H19NO4. The van der Waals surface area contributed by atoms with Crippen molar-refractivity contribution in [2.24, 2.45) is 0 Å². The molecule has 0 N–H and O–H groups in total. The molecule has 0 aliphatic carbocycles. The average molecular weight is 301 g/mol. The quantitative estimate of drug-likeness (QED) is 0.875. The molecule has 0 fully saturated rings. The highest BCUT2D eigenvalue weighted by Crippen LogP contribution is 2.33. The maximum Gasteiger partial charge on any atom is 0.289 e. The van der Waals surface area contributed by atoms with Gasteiger partial charge in [-0.1, -0.05) is 0 Å². The van der Waals surface area contributed by atoms with Crippen molar-refractivity contribution < 1.29 is 18.7 Å². The second-order valence-corrected chi connectivity index (χ2v) is 5.36. The lowest BCUT2D eigenvalue weighted by molar-refractivity contribution is 0.0700. The van der Waals surface area contributed by atoms with E-state index in [0.29, 0.717) is 24.6 Å². The molecule has 1 aliphatic rings. The molecule has 2 aromatic rings. The Morgan fingerprint density at radius 2 is 1.82 bits per heavy atom. The van der Waals surface area contributed by atoms with Gasteiger partial charge in [0, 0.05) is 13.1 Å². The Morgan fingerprint density at radius 3 is 2.41 bits per heavy atom. The van der Waals surface area contributed by atoms with E-state index in [9.17, 15) is 4.79 Å². The van der Waals surface area contributed by atoms with Gasteiger partial charge in [0.2, 0.25) is 0 Å². The molecule has 0 unspecified atom stereocenters. The number of carbonyl (C=O) groups is 1. The van der Waals surface area contributed by atoms with Crippen LogP contribution in [0.2, 0.25) is 0 Å². The number of benzene rings is 1. The van der Waals surface area contributed by atoms with Crippen molar-refractivity contribution in [2.45, 2.75) is 19.9 Å². The number of aryl methyl sites for hydroxylation is 1. The van der Waals surface area contributed by atoms with Crippen LogP contribution in [0.15, 0.2) is 28.7 Å². The summed E-state index contributed by atoms with van der Waals surface area (Å²) in [7, 11) is 3.24. The first kappa shape index (κ1) is 14.5. The fourth-order valence-electron chi connectivity index (χ4n) is 2.76. The predicted octanol–water partition coefficient (Wildman–Crippen LogP) is 2.80. The molecule has 1 amide bonds. The zero-order valence-electron chi connectivity index (χ0n) is 13.0. The molecule has 0 atom stereocenters. The van der Waals surface area contributed by atoms with Crippen molar-refractivity contribution in [3.8, 4) is 11.5 Å². The van der Waals surface area contributed by atoms with Crippen LogP contribution in [0.25, 0.3) is 0 Å². The summed E-state index contributed by atoms with van der Waals surface area (Å²) in [6.07, 6.45) is 0.793. The molecule has 0 radical (unpaired) electrons. The molecule has 0 saturated heterocycles. The van der Waals surface area contributed by atoms with E-state index in [1.165, 1.54) is 5.56 Å². The number of carbonyl (C=O) groups excluding carboxylic acids is 1. The molecule has 1 aromatic heterocycles. The second kappa shape index (κ2) is 5.75. The number of ether oxygens (including phenoxy) is 2. The highest BCUT2D eigenvalue weighted by Gasteiger charge is 2.25. The third-order valence-corrected chi connectivity index (χ3v) is 3.96. The molecule has 116 valence electrons. The minimum Gasteiger partial charge on any atom is -0.493 e. The fourth-order valence-corrected chi connectivity index (χ4v) is 2.76. The zero-order chi connectivity index (χ0) is 15.7. The second-order valence-electron chi connectivity index (χ2n) is 5.36. The zero-order valence-corrected chi connectivity index (χ0v) is 13.0.